The molecule has 4 rings (SSSR count). The van der Waals surface area contributed by atoms with Gasteiger partial charge in [0.1, 0.15) is 5.82 Å². The van der Waals surface area contributed by atoms with E-state index in [0.717, 1.165) is 6.04 Å². The highest BCUT2D eigenvalue weighted by Gasteiger charge is 2.27. The first-order valence-electron chi connectivity index (χ1n) is 7.15. The Balaban J connectivity index is 1.87. The highest BCUT2D eigenvalue weighted by atomic mass is 15.2. The van der Waals surface area contributed by atoms with Gasteiger partial charge in [0.15, 0.2) is 0 Å². The molecule has 2 aromatic rings. The molecule has 1 aliphatic carbocycles. The lowest BCUT2D eigenvalue weighted by Crippen LogP contribution is -2.34. The number of pyridine rings is 1. The lowest BCUT2D eigenvalue weighted by Gasteiger charge is -2.29. The first-order valence-corrected chi connectivity index (χ1v) is 7.15. The fourth-order valence-electron chi connectivity index (χ4n) is 3.66. The smallest absolute Gasteiger partial charge is 0.138 e. The zero-order chi connectivity index (χ0) is 11.9. The van der Waals surface area contributed by atoms with Crippen molar-refractivity contribution in [1.82, 2.24) is 9.97 Å². The summed E-state index contributed by atoms with van der Waals surface area (Å²) in [5.41, 5.74) is 2.70. The molecule has 0 atom stereocenters. The second-order valence-corrected chi connectivity index (χ2v) is 5.61. The van der Waals surface area contributed by atoms with Crippen LogP contribution in [-0.4, -0.2) is 22.6 Å². The summed E-state index contributed by atoms with van der Waals surface area (Å²) < 4.78 is 0. The van der Waals surface area contributed by atoms with Gasteiger partial charge in [-0.05, 0) is 37.3 Å². The molecule has 0 aromatic carbocycles. The number of H-pyrrole nitrogens is 1. The molecule has 18 heavy (non-hydrogen) atoms. The van der Waals surface area contributed by atoms with Gasteiger partial charge in [0.25, 0.3) is 0 Å². The monoisotopic (exact) mass is 241 g/mol. The molecule has 2 aromatic heterocycles. The summed E-state index contributed by atoms with van der Waals surface area (Å²) in [5.74, 6) is 1.23. The maximum Gasteiger partial charge on any atom is 0.138 e. The van der Waals surface area contributed by atoms with E-state index in [0.29, 0.717) is 0 Å². The van der Waals surface area contributed by atoms with Crippen molar-refractivity contribution in [2.45, 2.75) is 44.6 Å². The third-order valence-electron chi connectivity index (χ3n) is 4.54. The second-order valence-electron chi connectivity index (χ2n) is 5.61. The molecular weight excluding hydrogens is 222 g/mol. The quantitative estimate of drug-likeness (QED) is 0.831. The molecule has 3 heteroatoms. The third kappa shape index (κ3) is 1.46. The largest absolute Gasteiger partial charge is 0.361 e. The van der Waals surface area contributed by atoms with Crippen molar-refractivity contribution in [2.75, 3.05) is 11.4 Å². The van der Waals surface area contributed by atoms with E-state index < -0.39 is 0 Å². The summed E-state index contributed by atoms with van der Waals surface area (Å²) in [7, 11) is 0. The van der Waals surface area contributed by atoms with Crippen LogP contribution in [0.15, 0.2) is 18.5 Å². The predicted octanol–water partition coefficient (Wildman–Crippen LogP) is 3.26. The van der Waals surface area contributed by atoms with Gasteiger partial charge in [0.2, 0.25) is 0 Å². The molecule has 1 N–H and O–H groups in total. The minimum Gasteiger partial charge on any atom is -0.361 e. The number of hydrogen-bond donors (Lipinski definition) is 1. The summed E-state index contributed by atoms with van der Waals surface area (Å²) in [6.45, 7) is 1.17. The molecule has 0 radical (unpaired) electrons. The van der Waals surface area contributed by atoms with Crippen LogP contribution < -0.4 is 4.90 Å². The minimum atomic E-state index is 0.726. The van der Waals surface area contributed by atoms with E-state index in [1.165, 1.54) is 67.4 Å². The molecule has 0 saturated heterocycles. The molecule has 94 valence electrons. The lowest BCUT2D eigenvalue weighted by molar-refractivity contribution is 0.591. The molecule has 2 aliphatic rings. The van der Waals surface area contributed by atoms with Gasteiger partial charge in [-0.25, -0.2) is 4.98 Å². The van der Waals surface area contributed by atoms with Crippen LogP contribution in [-0.2, 0) is 6.42 Å². The van der Waals surface area contributed by atoms with Crippen molar-refractivity contribution < 1.29 is 0 Å². The molecule has 1 aliphatic heterocycles. The van der Waals surface area contributed by atoms with Crippen molar-refractivity contribution in [3.63, 3.8) is 0 Å². The fraction of sp³-hybridized carbons (Fsp3) is 0.533. The molecule has 0 spiro atoms. The molecule has 3 nitrogen and oxygen atoms in total. The number of aryl methyl sites for hydroxylation is 1. The van der Waals surface area contributed by atoms with Crippen molar-refractivity contribution in [1.29, 1.82) is 0 Å². The Bertz CT molecular complexity index is 566. The van der Waals surface area contributed by atoms with Gasteiger partial charge in [-0.3, -0.25) is 0 Å². The Kier molecular flexibility index (Phi) is 2.32. The fourth-order valence-corrected chi connectivity index (χ4v) is 3.66. The topological polar surface area (TPSA) is 31.9 Å². The van der Waals surface area contributed by atoms with Crippen LogP contribution in [0.25, 0.3) is 10.9 Å². The molecule has 0 unspecified atom stereocenters. The molecule has 1 saturated carbocycles. The van der Waals surface area contributed by atoms with Gasteiger partial charge in [0.05, 0.1) is 5.52 Å². The zero-order valence-electron chi connectivity index (χ0n) is 10.7. The van der Waals surface area contributed by atoms with Gasteiger partial charge in [0, 0.05) is 30.4 Å². The number of anilines is 1. The Morgan fingerprint density at radius 2 is 2.11 bits per heavy atom. The van der Waals surface area contributed by atoms with E-state index in [-0.39, 0.29) is 0 Å². The molecule has 3 heterocycles. The van der Waals surface area contributed by atoms with Crippen LogP contribution in [0.1, 0.15) is 37.7 Å². The first kappa shape index (κ1) is 10.4. The van der Waals surface area contributed by atoms with E-state index in [4.69, 9.17) is 4.98 Å². The van der Waals surface area contributed by atoms with Crippen LogP contribution in [0.2, 0.25) is 0 Å². The molecule has 0 bridgehead atoms. The van der Waals surface area contributed by atoms with Gasteiger partial charge in [-0.15, -0.1) is 0 Å². The van der Waals surface area contributed by atoms with Crippen molar-refractivity contribution >= 4 is 16.7 Å². The molecular formula is C15H19N3. The highest BCUT2D eigenvalue weighted by Crippen LogP contribution is 2.35. The SMILES string of the molecule is c1cc2[nH]cc3c2c(n1)N(C1CCCC1)CCC3. The van der Waals surface area contributed by atoms with Gasteiger partial charge in [-0.2, -0.15) is 0 Å². The number of hydrogen-bond acceptors (Lipinski definition) is 2. The van der Waals surface area contributed by atoms with Gasteiger partial charge in [-0.1, -0.05) is 12.8 Å². The van der Waals surface area contributed by atoms with Crippen molar-refractivity contribution in [3.8, 4) is 0 Å². The number of nitrogens with zero attached hydrogens (tertiary/aromatic N) is 2. The minimum absolute atomic E-state index is 0.726. The maximum absolute atomic E-state index is 4.70. The van der Waals surface area contributed by atoms with E-state index in [1.807, 2.05) is 6.20 Å². The van der Waals surface area contributed by atoms with Gasteiger partial charge >= 0.3 is 0 Å². The van der Waals surface area contributed by atoms with Crippen LogP contribution >= 0.6 is 0 Å². The standard InChI is InChI=1S/C15H19N3/c1-2-6-12(5-1)18-9-3-4-11-10-17-13-7-8-16-15(18)14(11)13/h7-8,10,12,17H,1-6,9H2. The summed E-state index contributed by atoms with van der Waals surface area (Å²) >= 11 is 0. The summed E-state index contributed by atoms with van der Waals surface area (Å²) in [4.78, 5) is 10.7. The van der Waals surface area contributed by atoms with Crippen molar-refractivity contribution in [2.24, 2.45) is 0 Å². The Labute approximate surface area is 107 Å². The van der Waals surface area contributed by atoms with E-state index in [1.54, 1.807) is 0 Å². The average molecular weight is 241 g/mol. The first-order chi connectivity index (χ1) is 8.93. The van der Waals surface area contributed by atoms with E-state index in [2.05, 4.69) is 22.1 Å². The van der Waals surface area contributed by atoms with Crippen LogP contribution in [0, 0.1) is 0 Å². The summed E-state index contributed by atoms with van der Waals surface area (Å²) in [6.07, 6.45) is 12.0. The Morgan fingerprint density at radius 1 is 1.22 bits per heavy atom. The number of aromatic nitrogens is 2. The number of aromatic amines is 1. The van der Waals surface area contributed by atoms with Crippen LogP contribution in [0.5, 0.6) is 0 Å². The zero-order valence-corrected chi connectivity index (χ0v) is 10.7. The highest BCUT2D eigenvalue weighted by molar-refractivity contribution is 5.93. The van der Waals surface area contributed by atoms with Gasteiger partial charge < -0.3 is 9.88 Å². The second kappa shape index (κ2) is 4.01. The number of nitrogens with one attached hydrogen (secondary N) is 1. The molecule has 0 amide bonds. The van der Waals surface area contributed by atoms with Crippen LogP contribution in [0.4, 0.5) is 5.82 Å². The van der Waals surface area contributed by atoms with Crippen molar-refractivity contribution in [3.05, 3.63) is 24.0 Å². The summed E-state index contributed by atoms with van der Waals surface area (Å²) in [5, 5.41) is 1.38. The summed E-state index contributed by atoms with van der Waals surface area (Å²) in [6, 6.07) is 2.82. The van der Waals surface area contributed by atoms with E-state index >= 15 is 0 Å². The molecule has 1 fully saturated rings. The normalized spacial score (nSPS) is 20.6. The van der Waals surface area contributed by atoms with E-state index in [9.17, 15) is 0 Å². The maximum atomic E-state index is 4.70. The third-order valence-corrected chi connectivity index (χ3v) is 4.54. The number of rotatable bonds is 1. The predicted molar refractivity (Wildman–Crippen MR) is 74.0 cm³/mol. The average Bonchev–Trinajstić information content (AvgIpc) is 3.00. The Morgan fingerprint density at radius 3 is 3.00 bits per heavy atom. The van der Waals surface area contributed by atoms with Crippen LogP contribution in [0.3, 0.4) is 0 Å². The Hall–Kier alpha value is -1.51. The lowest BCUT2D eigenvalue weighted by atomic mass is 10.1.